The molecular weight excluding hydrogens is 773 g/mol. The maximum atomic E-state index is 12.2. The van der Waals surface area contributed by atoms with Crippen molar-refractivity contribution in [1.82, 2.24) is 9.97 Å². The number of hydrogen-bond donors (Lipinski definition) is 1. The van der Waals surface area contributed by atoms with Gasteiger partial charge in [0, 0.05) is 59.5 Å². The molecule has 2 heterocycles. The van der Waals surface area contributed by atoms with Crippen molar-refractivity contribution in [1.29, 1.82) is 0 Å². The number of carbonyl (C=O) groups is 1. The average Bonchev–Trinajstić information content (AvgIpc) is 3.57. The van der Waals surface area contributed by atoms with Gasteiger partial charge in [0.15, 0.2) is 5.78 Å². The van der Waals surface area contributed by atoms with Gasteiger partial charge in [-0.1, -0.05) is 85.2 Å². The number of nitrogens with zero attached hydrogens (tertiary/aromatic N) is 2. The van der Waals surface area contributed by atoms with Crippen LogP contribution in [0.3, 0.4) is 0 Å². The van der Waals surface area contributed by atoms with Gasteiger partial charge in [-0.3, -0.25) is 14.8 Å². The zero-order valence-electron chi connectivity index (χ0n) is 30.1. The standard InChI is InChI=1S/C27H21N2O.C15H28O2.Ir/c1-15-12-16(2)20-14-28-26(29-21(20)13-15)19-10-7-9-18-23(19)27(3,4)24-17-8-5-6-11-22(17)30-25(18)24;1-7-14(5,8-2)12(16)11-13(17)15(6,9-3)10-4;/h5-9,11-14H,1-4H3;11,16H,7-10H2,1-6H3;/q-1;;/b;12-11-;. The molecule has 0 amide bonds. The third kappa shape index (κ3) is 6.42. The summed E-state index contributed by atoms with van der Waals surface area (Å²) >= 11 is 0. The number of allylic oxidation sites excluding steroid dienone is 2. The van der Waals surface area contributed by atoms with Crippen molar-refractivity contribution in [3.8, 4) is 22.7 Å². The van der Waals surface area contributed by atoms with E-state index in [-0.39, 0.29) is 47.9 Å². The Hall–Kier alpha value is -3.60. The quantitative estimate of drug-likeness (QED) is 0.0958. The van der Waals surface area contributed by atoms with Gasteiger partial charge in [0.05, 0.1) is 11.3 Å². The maximum Gasteiger partial charge on any atom is 0.164 e. The summed E-state index contributed by atoms with van der Waals surface area (Å²) in [6.07, 6.45) is 6.69. The van der Waals surface area contributed by atoms with E-state index in [0.29, 0.717) is 5.82 Å². The maximum absolute atomic E-state index is 12.2. The molecule has 0 aliphatic heterocycles. The number of carbonyl (C=O) groups excluding carboxylic acids is 1. The predicted molar refractivity (Wildman–Crippen MR) is 194 cm³/mol. The first-order valence-electron chi connectivity index (χ1n) is 17.0. The molecule has 0 fully saturated rings. The second-order valence-corrected chi connectivity index (χ2v) is 14.2. The number of hydrogen-bond acceptors (Lipinski definition) is 5. The van der Waals surface area contributed by atoms with Gasteiger partial charge in [-0.2, -0.15) is 0 Å². The van der Waals surface area contributed by atoms with E-state index < -0.39 is 0 Å². The number of aliphatic hydroxyl groups excluding tert-OH is 1. The third-order valence-electron chi connectivity index (χ3n) is 11.0. The van der Waals surface area contributed by atoms with Crippen LogP contribution in [-0.2, 0) is 30.3 Å². The zero-order chi connectivity index (χ0) is 34.3. The minimum Gasteiger partial charge on any atom is -0.512 e. The van der Waals surface area contributed by atoms with Gasteiger partial charge in [-0.05, 0) is 68.2 Å². The topological polar surface area (TPSA) is 76.2 Å². The van der Waals surface area contributed by atoms with E-state index >= 15 is 0 Å². The summed E-state index contributed by atoms with van der Waals surface area (Å²) in [4.78, 5) is 21.9. The average molecular weight is 822 g/mol. The van der Waals surface area contributed by atoms with Crippen LogP contribution < -0.4 is 0 Å². The van der Waals surface area contributed by atoms with E-state index in [1.807, 2.05) is 65.9 Å². The van der Waals surface area contributed by atoms with Crippen molar-refractivity contribution < 1.29 is 34.4 Å². The Balaban J connectivity index is 0.000000251. The smallest absolute Gasteiger partial charge is 0.164 e. The van der Waals surface area contributed by atoms with Crippen LogP contribution >= 0.6 is 0 Å². The zero-order valence-corrected chi connectivity index (χ0v) is 32.5. The van der Waals surface area contributed by atoms with Crippen molar-refractivity contribution in [2.75, 3.05) is 0 Å². The number of benzene rings is 3. The summed E-state index contributed by atoms with van der Waals surface area (Å²) in [6.45, 7) is 20.8. The molecule has 5 nitrogen and oxygen atoms in total. The Bertz CT molecular complexity index is 1990. The summed E-state index contributed by atoms with van der Waals surface area (Å²) in [7, 11) is 0. The van der Waals surface area contributed by atoms with Crippen LogP contribution in [0, 0.1) is 30.7 Å². The number of ketones is 1. The molecule has 0 saturated carbocycles. The van der Waals surface area contributed by atoms with Gasteiger partial charge in [-0.25, -0.2) is 0 Å². The number of furan rings is 1. The Morgan fingerprint density at radius 3 is 2.23 bits per heavy atom. The largest absolute Gasteiger partial charge is 0.512 e. The van der Waals surface area contributed by atoms with Gasteiger partial charge in [0.2, 0.25) is 0 Å². The van der Waals surface area contributed by atoms with Crippen molar-refractivity contribution in [3.05, 3.63) is 94.9 Å². The summed E-state index contributed by atoms with van der Waals surface area (Å²) in [5.74, 6) is 1.96. The van der Waals surface area contributed by atoms with Gasteiger partial charge in [0.25, 0.3) is 0 Å². The monoisotopic (exact) mass is 822 g/mol. The number of para-hydroxylation sites is 1. The van der Waals surface area contributed by atoms with Gasteiger partial charge >= 0.3 is 0 Å². The molecule has 5 aromatic rings. The van der Waals surface area contributed by atoms with E-state index in [9.17, 15) is 9.90 Å². The summed E-state index contributed by atoms with van der Waals surface area (Å²) < 4.78 is 6.31. The Morgan fingerprint density at radius 1 is 0.938 bits per heavy atom. The SMILES string of the molecule is CCC(C)(CC)C(=O)/C=C(\O)C(C)(CC)CC.Cc1cc(C)c2cnc(-c3[c-]ccc4c3C(C)(C)c3c-4oc4ccccc34)nc2c1.[Ir]. The molecule has 1 aliphatic carbocycles. The summed E-state index contributed by atoms with van der Waals surface area (Å²) in [6, 6.07) is 20.1. The molecule has 0 saturated heterocycles. The van der Waals surface area contributed by atoms with Crippen LogP contribution in [0.4, 0.5) is 0 Å². The molecule has 2 aromatic heterocycles. The van der Waals surface area contributed by atoms with E-state index in [0.717, 1.165) is 59.1 Å². The van der Waals surface area contributed by atoms with Gasteiger partial charge < -0.3 is 9.52 Å². The first-order valence-corrected chi connectivity index (χ1v) is 17.0. The van der Waals surface area contributed by atoms with Crippen LogP contribution in [0.25, 0.3) is 44.6 Å². The molecule has 48 heavy (non-hydrogen) atoms. The van der Waals surface area contributed by atoms with Crippen molar-refractivity contribution in [2.24, 2.45) is 10.8 Å². The molecule has 255 valence electrons. The molecule has 6 rings (SSSR count). The van der Waals surface area contributed by atoms with Gasteiger partial charge in [0.1, 0.15) is 17.1 Å². The van der Waals surface area contributed by atoms with E-state index in [1.165, 1.54) is 33.7 Å². The van der Waals surface area contributed by atoms with Crippen LogP contribution in [0.1, 0.15) is 103 Å². The second kappa shape index (κ2) is 14.1. The third-order valence-corrected chi connectivity index (χ3v) is 11.0. The molecule has 0 unspecified atom stereocenters. The van der Waals surface area contributed by atoms with Crippen LogP contribution in [0.15, 0.2) is 71.0 Å². The fraction of sp³-hybridized carbons (Fsp3) is 0.405. The van der Waals surface area contributed by atoms with Gasteiger partial charge in [-0.15, -0.1) is 29.3 Å². The second-order valence-electron chi connectivity index (χ2n) is 14.2. The molecule has 6 heteroatoms. The molecule has 0 spiro atoms. The minimum absolute atomic E-state index is 0. The van der Waals surface area contributed by atoms with Crippen molar-refractivity contribution in [3.63, 3.8) is 0 Å². The Morgan fingerprint density at radius 2 is 1.58 bits per heavy atom. The molecule has 3 aromatic carbocycles. The predicted octanol–water partition coefficient (Wildman–Crippen LogP) is 11.4. The van der Waals surface area contributed by atoms with Crippen LogP contribution in [0.5, 0.6) is 0 Å². The van der Waals surface area contributed by atoms with E-state index in [4.69, 9.17) is 14.4 Å². The fourth-order valence-electron chi connectivity index (χ4n) is 6.78. The summed E-state index contributed by atoms with van der Waals surface area (Å²) in [5.41, 5.74) is 7.97. The number of rotatable bonds is 8. The first kappa shape index (κ1) is 37.2. The summed E-state index contributed by atoms with van der Waals surface area (Å²) in [5, 5.41) is 12.4. The number of aliphatic hydroxyl groups is 1. The van der Waals surface area contributed by atoms with Crippen LogP contribution in [0.2, 0.25) is 0 Å². The number of aromatic nitrogens is 2. The number of fused-ring (bicyclic) bond motifs is 6. The molecule has 1 N–H and O–H groups in total. The number of aryl methyl sites for hydroxylation is 2. The molecule has 0 atom stereocenters. The normalized spacial score (nSPS) is 13.8. The first-order chi connectivity index (χ1) is 22.2. The molecule has 1 radical (unpaired) electrons. The molecular formula is C42H49IrN2O3-. The van der Waals surface area contributed by atoms with Crippen LogP contribution in [-0.4, -0.2) is 20.9 Å². The molecule has 1 aliphatic rings. The van der Waals surface area contributed by atoms with E-state index in [1.54, 1.807) is 0 Å². The minimum atomic E-state index is -0.337. The molecule has 0 bridgehead atoms. The fourth-order valence-corrected chi connectivity index (χ4v) is 6.78. The van der Waals surface area contributed by atoms with Crippen molar-refractivity contribution in [2.45, 2.75) is 100 Å². The Labute approximate surface area is 299 Å². The van der Waals surface area contributed by atoms with Crippen molar-refractivity contribution >= 4 is 27.7 Å². The Kier molecular flexibility index (Phi) is 10.9. The van der Waals surface area contributed by atoms with E-state index in [2.05, 4.69) is 64.1 Å².